The molecule has 0 spiro atoms. The van der Waals surface area contributed by atoms with Gasteiger partial charge in [0, 0.05) is 40.4 Å². The van der Waals surface area contributed by atoms with Crippen molar-refractivity contribution in [1.82, 2.24) is 15.1 Å². The summed E-state index contributed by atoms with van der Waals surface area (Å²) in [5.41, 5.74) is 4.54. The van der Waals surface area contributed by atoms with Crippen LogP contribution >= 0.6 is 0 Å². The first-order chi connectivity index (χ1) is 13.3. The molecule has 0 fully saturated rings. The summed E-state index contributed by atoms with van der Waals surface area (Å²) >= 11 is 0. The van der Waals surface area contributed by atoms with Crippen molar-refractivity contribution >= 4 is 5.78 Å². The van der Waals surface area contributed by atoms with Gasteiger partial charge in [-0.25, -0.2) is 0 Å². The number of ketones is 1. The number of fused-ring (bicyclic) bond motifs is 1. The molecule has 0 radical (unpaired) electrons. The van der Waals surface area contributed by atoms with Crippen LogP contribution in [0.15, 0.2) is 41.1 Å². The monoisotopic (exact) mass is 336 g/mol. The molecular formula is C20H19N3O2. The summed E-state index contributed by atoms with van der Waals surface area (Å²) in [5, 5.41) is 3.79. The van der Waals surface area contributed by atoms with E-state index in [4.69, 9.17) is 8.64 Å². The Bertz CT molecular complexity index is 1040. The molecule has 1 aromatic carbocycles. The zero-order valence-electron chi connectivity index (χ0n) is 16.8. The predicted octanol–water partition coefficient (Wildman–Crippen LogP) is 4.05. The van der Waals surface area contributed by atoms with E-state index in [0.29, 0.717) is 12.0 Å². The Morgan fingerprint density at radius 1 is 1.36 bits per heavy atom. The number of carbonyl (C=O) groups is 1. The lowest BCUT2D eigenvalue weighted by Gasteiger charge is -2.11. The summed E-state index contributed by atoms with van der Waals surface area (Å²) in [6.07, 6.45) is 3.89. The van der Waals surface area contributed by atoms with Crippen molar-refractivity contribution in [3.8, 4) is 11.4 Å². The summed E-state index contributed by atoms with van der Waals surface area (Å²) in [4.78, 5) is 20.8. The lowest BCUT2D eigenvalue weighted by Crippen LogP contribution is -2.06. The molecule has 126 valence electrons. The largest absolute Gasteiger partial charge is 0.339 e. The number of nitrogens with zero attached hydrogens (tertiary/aromatic N) is 3. The number of aryl methyl sites for hydroxylation is 3. The SMILES string of the molecule is [2H]C([2H])([2H])c1nc(-c2ccc3c(c2)CC[C@H]3CC(=O)c2ccnc(C)c2)no1. The smallest absolute Gasteiger partial charge is 0.223 e. The zero-order chi connectivity index (χ0) is 19.9. The van der Waals surface area contributed by atoms with Crippen LogP contribution in [-0.2, 0) is 6.42 Å². The van der Waals surface area contributed by atoms with Gasteiger partial charge in [0.25, 0.3) is 0 Å². The van der Waals surface area contributed by atoms with Crippen LogP contribution in [0.1, 0.15) is 55.9 Å². The Morgan fingerprint density at radius 3 is 3.08 bits per heavy atom. The fraction of sp³-hybridized carbons (Fsp3) is 0.300. The van der Waals surface area contributed by atoms with E-state index < -0.39 is 6.85 Å². The van der Waals surface area contributed by atoms with Crippen molar-refractivity contribution in [2.75, 3.05) is 0 Å². The van der Waals surface area contributed by atoms with Gasteiger partial charge in [0.15, 0.2) is 5.78 Å². The van der Waals surface area contributed by atoms with Crippen LogP contribution in [0.3, 0.4) is 0 Å². The molecule has 0 saturated heterocycles. The number of carbonyl (C=O) groups excluding carboxylic acids is 1. The van der Waals surface area contributed by atoms with Crippen LogP contribution in [0.25, 0.3) is 11.4 Å². The third-order valence-electron chi connectivity index (χ3n) is 4.68. The van der Waals surface area contributed by atoms with Gasteiger partial charge in [-0.05, 0) is 55.0 Å². The van der Waals surface area contributed by atoms with Crippen molar-refractivity contribution in [2.24, 2.45) is 0 Å². The minimum absolute atomic E-state index is 0.118. The van der Waals surface area contributed by atoms with Gasteiger partial charge in [-0.15, -0.1) is 0 Å². The van der Waals surface area contributed by atoms with Crippen LogP contribution in [0, 0.1) is 13.8 Å². The van der Waals surface area contributed by atoms with Crippen LogP contribution in [0.4, 0.5) is 0 Å². The number of pyridine rings is 1. The molecule has 5 nitrogen and oxygen atoms in total. The third-order valence-corrected chi connectivity index (χ3v) is 4.68. The normalized spacial score (nSPS) is 18.3. The average Bonchev–Trinajstić information content (AvgIpc) is 3.29. The quantitative estimate of drug-likeness (QED) is 0.672. The van der Waals surface area contributed by atoms with E-state index in [1.165, 1.54) is 0 Å². The molecule has 0 N–H and O–H groups in total. The minimum Gasteiger partial charge on any atom is -0.339 e. The molecular weight excluding hydrogens is 314 g/mol. The van der Waals surface area contributed by atoms with E-state index in [9.17, 15) is 4.79 Å². The standard InChI is InChI=1S/C20H19N3O2/c1-12-9-16(7-8-21-12)19(24)11-15-4-3-14-10-17(5-6-18(14)15)20-22-13(2)25-23-20/h5-10,15H,3-4,11H2,1-2H3/t15-/m0/s1/i2D3. The van der Waals surface area contributed by atoms with E-state index in [-0.39, 0.29) is 23.4 Å². The molecule has 3 aromatic rings. The maximum absolute atomic E-state index is 12.6. The van der Waals surface area contributed by atoms with Gasteiger partial charge in [0.05, 0.1) is 0 Å². The number of hydrogen-bond acceptors (Lipinski definition) is 5. The van der Waals surface area contributed by atoms with Gasteiger partial charge in [0.1, 0.15) is 0 Å². The average molecular weight is 336 g/mol. The molecule has 1 aliphatic carbocycles. The van der Waals surface area contributed by atoms with Gasteiger partial charge < -0.3 is 4.52 Å². The molecule has 0 amide bonds. The van der Waals surface area contributed by atoms with Gasteiger partial charge in [-0.2, -0.15) is 4.98 Å². The highest BCUT2D eigenvalue weighted by Gasteiger charge is 2.26. The third kappa shape index (κ3) is 3.09. The molecule has 0 aliphatic heterocycles. The van der Waals surface area contributed by atoms with E-state index in [2.05, 4.69) is 15.1 Å². The highest BCUT2D eigenvalue weighted by molar-refractivity contribution is 5.96. The van der Waals surface area contributed by atoms with Crippen LogP contribution in [-0.4, -0.2) is 20.9 Å². The fourth-order valence-corrected chi connectivity index (χ4v) is 3.46. The molecule has 4 rings (SSSR count). The first kappa shape index (κ1) is 12.5. The highest BCUT2D eigenvalue weighted by atomic mass is 16.5. The maximum Gasteiger partial charge on any atom is 0.223 e. The van der Waals surface area contributed by atoms with E-state index in [0.717, 1.165) is 35.2 Å². The lowest BCUT2D eigenvalue weighted by atomic mass is 9.92. The van der Waals surface area contributed by atoms with Crippen LogP contribution in [0.2, 0.25) is 0 Å². The zero-order valence-corrected chi connectivity index (χ0v) is 13.8. The molecule has 25 heavy (non-hydrogen) atoms. The summed E-state index contributed by atoms with van der Waals surface area (Å²) in [7, 11) is 0. The van der Waals surface area contributed by atoms with Crippen molar-refractivity contribution in [1.29, 1.82) is 0 Å². The molecule has 2 aromatic heterocycles. The highest BCUT2D eigenvalue weighted by Crippen LogP contribution is 2.38. The van der Waals surface area contributed by atoms with E-state index in [1.807, 2.05) is 31.2 Å². The number of Topliss-reactive ketones (excluding diaryl/α,β-unsaturated/α-hetero) is 1. The van der Waals surface area contributed by atoms with Crippen molar-refractivity contribution in [3.05, 3.63) is 64.8 Å². The van der Waals surface area contributed by atoms with Crippen LogP contribution < -0.4 is 0 Å². The Kier molecular flexibility index (Phi) is 3.13. The molecule has 5 heteroatoms. The van der Waals surface area contributed by atoms with Crippen molar-refractivity contribution in [3.63, 3.8) is 0 Å². The Hall–Kier alpha value is -2.82. The molecule has 1 aliphatic rings. The molecule has 0 unspecified atom stereocenters. The number of rotatable bonds is 4. The summed E-state index contributed by atoms with van der Waals surface area (Å²) in [6, 6.07) is 9.38. The molecule has 2 heterocycles. The van der Waals surface area contributed by atoms with E-state index >= 15 is 0 Å². The van der Waals surface area contributed by atoms with Gasteiger partial charge in [-0.1, -0.05) is 17.3 Å². The second kappa shape index (κ2) is 6.24. The summed E-state index contributed by atoms with van der Waals surface area (Å²) < 4.78 is 26.9. The van der Waals surface area contributed by atoms with Gasteiger partial charge in [0.2, 0.25) is 11.7 Å². The van der Waals surface area contributed by atoms with Gasteiger partial charge in [-0.3, -0.25) is 9.78 Å². The van der Waals surface area contributed by atoms with Crippen molar-refractivity contribution in [2.45, 2.75) is 39.0 Å². The second-order valence-electron chi connectivity index (χ2n) is 6.39. The Labute approximate surface area is 150 Å². The summed E-state index contributed by atoms with van der Waals surface area (Å²) in [6.45, 7) is -0.544. The van der Waals surface area contributed by atoms with Crippen molar-refractivity contribution < 1.29 is 13.4 Å². The first-order valence-corrected chi connectivity index (χ1v) is 8.24. The summed E-state index contributed by atoms with van der Waals surface area (Å²) in [5.74, 6) is 0.195. The first-order valence-electron chi connectivity index (χ1n) is 9.74. The lowest BCUT2D eigenvalue weighted by molar-refractivity contribution is 0.0973. The van der Waals surface area contributed by atoms with E-state index in [1.54, 1.807) is 12.3 Å². The number of aromatic nitrogens is 3. The molecule has 0 saturated carbocycles. The fourth-order valence-electron chi connectivity index (χ4n) is 3.46. The predicted molar refractivity (Wildman–Crippen MR) is 93.5 cm³/mol. The second-order valence-corrected chi connectivity index (χ2v) is 6.39. The molecule has 1 atom stereocenters. The number of benzene rings is 1. The Morgan fingerprint density at radius 2 is 2.28 bits per heavy atom. The Balaban J connectivity index is 1.54. The molecule has 0 bridgehead atoms. The maximum atomic E-state index is 12.6. The number of hydrogen-bond donors (Lipinski definition) is 0. The van der Waals surface area contributed by atoms with Crippen LogP contribution in [0.5, 0.6) is 0 Å². The topological polar surface area (TPSA) is 68.9 Å². The van der Waals surface area contributed by atoms with Gasteiger partial charge >= 0.3 is 0 Å². The minimum atomic E-state index is -2.42.